The van der Waals surface area contributed by atoms with Crippen LogP contribution >= 0.6 is 0 Å². The van der Waals surface area contributed by atoms with E-state index in [4.69, 9.17) is 4.74 Å². The Kier molecular flexibility index (Phi) is 4.17. The number of fused-ring (bicyclic) bond motifs is 4. The average molecular weight is 396 g/mol. The summed E-state index contributed by atoms with van der Waals surface area (Å²) < 4.78 is 7.69. The number of carbonyl (C=O) groups excluding carboxylic acids is 1. The van der Waals surface area contributed by atoms with Gasteiger partial charge in [-0.1, -0.05) is 42.5 Å². The van der Waals surface area contributed by atoms with Gasteiger partial charge in [0.05, 0.1) is 16.6 Å². The first-order valence-electron chi connectivity index (χ1n) is 10.2. The Balaban J connectivity index is 1.44. The molecule has 0 spiro atoms. The fraction of sp³-hybridized carbons (Fsp3) is 0.192. The first-order chi connectivity index (χ1) is 14.4. The van der Waals surface area contributed by atoms with Gasteiger partial charge in [0.15, 0.2) is 6.61 Å². The fourth-order valence-electron chi connectivity index (χ4n) is 4.45. The molecule has 4 heteroatoms. The predicted molar refractivity (Wildman–Crippen MR) is 123 cm³/mol. The number of allylic oxidation sites excluding steroid dienone is 1. The Bertz CT molecular complexity index is 1270. The third-order valence-corrected chi connectivity index (χ3v) is 5.64. The van der Waals surface area contributed by atoms with Crippen molar-refractivity contribution >= 4 is 39.0 Å². The summed E-state index contributed by atoms with van der Waals surface area (Å²) >= 11 is 0. The highest BCUT2D eigenvalue weighted by atomic mass is 16.5. The maximum Gasteiger partial charge on any atom is 0.269 e. The molecule has 0 bridgehead atoms. The summed E-state index contributed by atoms with van der Waals surface area (Å²) in [5, 5.41) is 5.67. The van der Waals surface area contributed by atoms with Crippen LogP contribution in [0.15, 0.2) is 72.8 Å². The Morgan fingerprint density at radius 1 is 0.967 bits per heavy atom. The zero-order chi connectivity index (χ0) is 20.9. The van der Waals surface area contributed by atoms with Crippen molar-refractivity contribution in [3.63, 3.8) is 0 Å². The molecule has 0 amide bonds. The van der Waals surface area contributed by atoms with E-state index in [1.54, 1.807) is 4.57 Å². The Hall–Kier alpha value is -3.53. The lowest BCUT2D eigenvalue weighted by molar-refractivity contribution is 0.0848. The third kappa shape index (κ3) is 3.05. The van der Waals surface area contributed by atoms with Crippen molar-refractivity contribution in [2.24, 2.45) is 0 Å². The van der Waals surface area contributed by atoms with Gasteiger partial charge in [-0.3, -0.25) is 9.36 Å². The van der Waals surface area contributed by atoms with Crippen molar-refractivity contribution in [2.45, 2.75) is 26.3 Å². The Labute approximate surface area is 175 Å². The molecule has 0 radical (unpaired) electrons. The minimum absolute atomic E-state index is 0.0247. The molecule has 1 aromatic heterocycles. The first-order valence-corrected chi connectivity index (χ1v) is 10.2. The van der Waals surface area contributed by atoms with E-state index in [1.165, 1.54) is 5.57 Å². The highest BCUT2D eigenvalue weighted by Gasteiger charge is 2.23. The van der Waals surface area contributed by atoms with E-state index in [0.29, 0.717) is 5.75 Å². The summed E-state index contributed by atoms with van der Waals surface area (Å²) in [5.74, 6) is 0.605. The van der Waals surface area contributed by atoms with E-state index in [2.05, 4.69) is 44.3 Å². The monoisotopic (exact) mass is 396 g/mol. The van der Waals surface area contributed by atoms with Crippen LogP contribution in [0.3, 0.4) is 0 Å². The van der Waals surface area contributed by atoms with Crippen LogP contribution in [-0.4, -0.2) is 22.6 Å². The van der Waals surface area contributed by atoms with Crippen molar-refractivity contribution in [2.75, 3.05) is 11.9 Å². The number of carbonyl (C=O) groups is 1. The maximum absolute atomic E-state index is 13.2. The number of para-hydroxylation sites is 2. The second-order valence-electron chi connectivity index (χ2n) is 8.43. The summed E-state index contributed by atoms with van der Waals surface area (Å²) in [6.45, 7) is 6.38. The molecule has 2 heterocycles. The Morgan fingerprint density at radius 2 is 1.60 bits per heavy atom. The number of ether oxygens (including phenoxy) is 1. The van der Waals surface area contributed by atoms with Crippen LogP contribution in [0, 0.1) is 0 Å². The summed E-state index contributed by atoms with van der Waals surface area (Å²) in [6, 6.07) is 21.9. The number of benzene rings is 3. The second-order valence-corrected chi connectivity index (χ2v) is 8.43. The van der Waals surface area contributed by atoms with Crippen LogP contribution in [0.5, 0.6) is 5.75 Å². The van der Waals surface area contributed by atoms with Crippen molar-refractivity contribution in [3.05, 3.63) is 78.4 Å². The first kappa shape index (κ1) is 18.5. The quantitative estimate of drug-likeness (QED) is 0.454. The molecule has 4 aromatic rings. The van der Waals surface area contributed by atoms with Gasteiger partial charge in [0.25, 0.3) is 5.91 Å². The van der Waals surface area contributed by atoms with Crippen LogP contribution in [0.4, 0.5) is 5.69 Å². The fourth-order valence-corrected chi connectivity index (χ4v) is 4.45. The molecule has 3 aromatic carbocycles. The molecule has 0 atom stereocenters. The van der Waals surface area contributed by atoms with Gasteiger partial charge in [0.1, 0.15) is 5.75 Å². The van der Waals surface area contributed by atoms with E-state index < -0.39 is 0 Å². The molecule has 0 aliphatic carbocycles. The summed E-state index contributed by atoms with van der Waals surface area (Å²) in [7, 11) is 0. The van der Waals surface area contributed by atoms with Crippen LogP contribution < -0.4 is 10.1 Å². The molecule has 0 saturated carbocycles. The number of aromatic nitrogens is 1. The highest BCUT2D eigenvalue weighted by Crippen LogP contribution is 2.36. The molecule has 150 valence electrons. The van der Waals surface area contributed by atoms with Crippen molar-refractivity contribution in [3.8, 4) is 5.75 Å². The zero-order valence-electron chi connectivity index (χ0n) is 17.4. The molecule has 5 rings (SSSR count). The number of nitrogens with one attached hydrogen (secondary N) is 1. The Morgan fingerprint density at radius 3 is 2.27 bits per heavy atom. The van der Waals surface area contributed by atoms with E-state index in [1.807, 2.05) is 54.6 Å². The van der Waals surface area contributed by atoms with Gasteiger partial charge in [0, 0.05) is 22.0 Å². The van der Waals surface area contributed by atoms with E-state index in [0.717, 1.165) is 33.1 Å². The predicted octanol–water partition coefficient (Wildman–Crippen LogP) is 6.12. The number of rotatable bonds is 3. The molecular formula is C26H24N2O2. The molecule has 0 unspecified atom stereocenters. The minimum atomic E-state index is -0.0864. The smallest absolute Gasteiger partial charge is 0.269 e. The van der Waals surface area contributed by atoms with Gasteiger partial charge >= 0.3 is 0 Å². The number of hydrogen-bond acceptors (Lipinski definition) is 3. The summed E-state index contributed by atoms with van der Waals surface area (Å²) in [4.78, 5) is 13.2. The van der Waals surface area contributed by atoms with Gasteiger partial charge in [-0.25, -0.2) is 0 Å². The normalized spacial score (nSPS) is 14.8. The second kappa shape index (κ2) is 6.77. The summed E-state index contributed by atoms with van der Waals surface area (Å²) in [5.41, 5.74) is 5.13. The summed E-state index contributed by atoms with van der Waals surface area (Å²) in [6.07, 6.45) is 2.21. The van der Waals surface area contributed by atoms with Crippen LogP contribution in [0.1, 0.15) is 31.1 Å². The van der Waals surface area contributed by atoms with Crippen LogP contribution in [0.25, 0.3) is 27.4 Å². The van der Waals surface area contributed by atoms with Gasteiger partial charge < -0.3 is 10.1 Å². The SMILES string of the molecule is CC1=CC(C)(C)Nc2ccc(OCC(=O)n3c4ccccc4c4ccccc43)cc21. The van der Waals surface area contributed by atoms with E-state index in [-0.39, 0.29) is 18.1 Å². The number of hydrogen-bond donors (Lipinski definition) is 1. The van der Waals surface area contributed by atoms with Gasteiger partial charge in [-0.15, -0.1) is 0 Å². The molecular weight excluding hydrogens is 372 g/mol. The van der Waals surface area contributed by atoms with Crippen molar-refractivity contribution in [1.82, 2.24) is 4.57 Å². The third-order valence-electron chi connectivity index (χ3n) is 5.64. The molecule has 1 aliphatic rings. The lowest BCUT2D eigenvalue weighted by Crippen LogP contribution is -2.31. The van der Waals surface area contributed by atoms with E-state index >= 15 is 0 Å². The zero-order valence-corrected chi connectivity index (χ0v) is 17.4. The van der Waals surface area contributed by atoms with Crippen molar-refractivity contribution in [1.29, 1.82) is 0 Å². The maximum atomic E-state index is 13.2. The van der Waals surface area contributed by atoms with E-state index in [9.17, 15) is 4.79 Å². The van der Waals surface area contributed by atoms with Crippen LogP contribution in [0.2, 0.25) is 0 Å². The number of nitrogens with zero attached hydrogens (tertiary/aromatic N) is 1. The standard InChI is InChI=1S/C26H24N2O2/c1-17-15-26(2,3)27-22-13-12-18(14-21(17)22)30-16-25(29)28-23-10-6-4-8-19(23)20-9-5-7-11-24(20)28/h4-15,27H,16H2,1-3H3. The van der Waals surface area contributed by atoms with Gasteiger partial charge in [-0.05, 0) is 56.7 Å². The average Bonchev–Trinajstić information content (AvgIpc) is 3.06. The van der Waals surface area contributed by atoms with Gasteiger partial charge in [-0.2, -0.15) is 0 Å². The molecule has 1 N–H and O–H groups in total. The lowest BCUT2D eigenvalue weighted by Gasteiger charge is -2.31. The molecule has 30 heavy (non-hydrogen) atoms. The van der Waals surface area contributed by atoms with Crippen molar-refractivity contribution < 1.29 is 9.53 Å². The molecule has 1 aliphatic heterocycles. The largest absolute Gasteiger partial charge is 0.484 e. The molecule has 4 nitrogen and oxygen atoms in total. The highest BCUT2D eigenvalue weighted by molar-refractivity contribution is 6.13. The number of anilines is 1. The lowest BCUT2D eigenvalue weighted by atomic mass is 9.91. The molecule has 0 saturated heterocycles. The van der Waals surface area contributed by atoms with Crippen LogP contribution in [-0.2, 0) is 0 Å². The van der Waals surface area contributed by atoms with Gasteiger partial charge in [0.2, 0.25) is 0 Å². The molecule has 0 fully saturated rings. The topological polar surface area (TPSA) is 43.3 Å². The minimum Gasteiger partial charge on any atom is -0.484 e.